The van der Waals surface area contributed by atoms with Gasteiger partial charge in [-0.1, -0.05) is 33.0 Å². The molecule has 0 fully saturated rings. The second-order valence-electron chi connectivity index (χ2n) is 4.83. The van der Waals surface area contributed by atoms with Crippen molar-refractivity contribution in [2.45, 2.75) is 58.2 Å². The third-order valence-electron chi connectivity index (χ3n) is 2.61. The van der Waals surface area contributed by atoms with E-state index in [9.17, 15) is 8.42 Å². The Morgan fingerprint density at radius 3 is 2.18 bits per heavy atom. The Morgan fingerprint density at radius 1 is 1.29 bits per heavy atom. The van der Waals surface area contributed by atoms with Crippen molar-refractivity contribution in [1.29, 1.82) is 0 Å². The Hall–Kier alpha value is -0.200. The van der Waals surface area contributed by atoms with Crippen LogP contribution in [0, 0.1) is 5.92 Å². The van der Waals surface area contributed by atoms with Gasteiger partial charge in [-0.25, -0.2) is 13.1 Å². The van der Waals surface area contributed by atoms with Crippen molar-refractivity contribution < 1.29 is 8.42 Å². The lowest BCUT2D eigenvalue weighted by atomic mass is 10.1. The average Bonchev–Trinajstić information content (AvgIpc) is 2.13. The molecule has 0 aliphatic heterocycles. The van der Waals surface area contributed by atoms with Gasteiger partial charge in [0, 0.05) is 6.04 Å². The van der Waals surface area contributed by atoms with Crippen LogP contribution >= 0.6 is 12.2 Å². The highest BCUT2D eigenvalue weighted by atomic mass is 32.2. The first-order valence-electron chi connectivity index (χ1n) is 6.01. The summed E-state index contributed by atoms with van der Waals surface area (Å²) in [6.45, 7) is 7.87. The van der Waals surface area contributed by atoms with Crippen molar-refractivity contribution in [3.05, 3.63) is 0 Å². The molecule has 0 aromatic rings. The Kier molecular flexibility index (Phi) is 7.20. The number of thiocarbonyl (C=S) groups is 1. The predicted octanol–water partition coefficient (Wildman–Crippen LogP) is 1.80. The van der Waals surface area contributed by atoms with Crippen molar-refractivity contribution in [2.75, 3.05) is 0 Å². The molecule has 6 heteroatoms. The van der Waals surface area contributed by atoms with Gasteiger partial charge in [-0.05, 0) is 32.1 Å². The first kappa shape index (κ1) is 16.8. The van der Waals surface area contributed by atoms with Crippen LogP contribution in [-0.2, 0) is 10.0 Å². The molecule has 0 rings (SSSR count). The molecular weight excluding hydrogens is 256 g/mol. The average molecular weight is 280 g/mol. The van der Waals surface area contributed by atoms with Crippen LogP contribution < -0.4 is 10.5 Å². The normalized spacial score (nSPS) is 15.8. The van der Waals surface area contributed by atoms with E-state index in [0.29, 0.717) is 12.3 Å². The molecule has 2 unspecified atom stereocenters. The summed E-state index contributed by atoms with van der Waals surface area (Å²) in [6.07, 6.45) is 2.22. The highest BCUT2D eigenvalue weighted by Gasteiger charge is 2.27. The van der Waals surface area contributed by atoms with E-state index in [1.165, 1.54) is 0 Å². The van der Waals surface area contributed by atoms with E-state index in [2.05, 4.69) is 18.6 Å². The van der Waals surface area contributed by atoms with Gasteiger partial charge >= 0.3 is 0 Å². The molecule has 0 bridgehead atoms. The molecule has 2 atom stereocenters. The van der Waals surface area contributed by atoms with Crippen LogP contribution in [0.4, 0.5) is 0 Å². The Bertz CT molecular complexity index is 339. The second-order valence-corrected chi connectivity index (χ2v) is 7.20. The quantitative estimate of drug-likeness (QED) is 0.665. The molecule has 0 heterocycles. The van der Waals surface area contributed by atoms with E-state index in [1.807, 2.05) is 6.92 Å². The zero-order chi connectivity index (χ0) is 13.6. The van der Waals surface area contributed by atoms with Crippen LogP contribution in [0.5, 0.6) is 0 Å². The number of sulfonamides is 1. The van der Waals surface area contributed by atoms with Crippen LogP contribution in [-0.4, -0.2) is 24.7 Å². The molecule has 4 nitrogen and oxygen atoms in total. The number of hydrogen-bond donors (Lipinski definition) is 2. The van der Waals surface area contributed by atoms with Crippen molar-refractivity contribution in [3.63, 3.8) is 0 Å². The summed E-state index contributed by atoms with van der Waals surface area (Å²) < 4.78 is 26.6. The summed E-state index contributed by atoms with van der Waals surface area (Å²) >= 11 is 4.78. The van der Waals surface area contributed by atoms with Crippen molar-refractivity contribution in [1.82, 2.24) is 4.72 Å². The summed E-state index contributed by atoms with van der Waals surface area (Å²) in [6, 6.07) is -0.0780. The van der Waals surface area contributed by atoms with Crippen LogP contribution in [0.25, 0.3) is 0 Å². The van der Waals surface area contributed by atoms with Crippen LogP contribution in [0.1, 0.15) is 47.0 Å². The summed E-state index contributed by atoms with van der Waals surface area (Å²) in [5, 5.41) is -0.765. The van der Waals surface area contributed by atoms with E-state index in [-0.39, 0.29) is 11.0 Å². The molecule has 3 N–H and O–H groups in total. The fourth-order valence-electron chi connectivity index (χ4n) is 1.58. The van der Waals surface area contributed by atoms with Gasteiger partial charge in [0.15, 0.2) is 0 Å². The molecule has 0 aliphatic carbocycles. The highest BCUT2D eigenvalue weighted by molar-refractivity contribution is 7.93. The van der Waals surface area contributed by atoms with Gasteiger partial charge in [-0.3, -0.25) is 0 Å². The molecule has 0 aliphatic rings. The zero-order valence-corrected chi connectivity index (χ0v) is 12.7. The summed E-state index contributed by atoms with van der Waals surface area (Å²) in [7, 11) is -3.44. The van der Waals surface area contributed by atoms with E-state index in [1.54, 1.807) is 6.92 Å². The maximum Gasteiger partial charge on any atom is 0.221 e. The van der Waals surface area contributed by atoms with Crippen molar-refractivity contribution in [2.24, 2.45) is 11.7 Å². The smallest absolute Gasteiger partial charge is 0.221 e. The largest absolute Gasteiger partial charge is 0.392 e. The van der Waals surface area contributed by atoms with Gasteiger partial charge in [0.25, 0.3) is 0 Å². The molecule has 0 spiro atoms. The zero-order valence-electron chi connectivity index (χ0n) is 11.1. The van der Waals surface area contributed by atoms with Crippen LogP contribution in [0.3, 0.4) is 0 Å². The predicted molar refractivity (Wildman–Crippen MR) is 76.5 cm³/mol. The first-order chi connectivity index (χ1) is 7.70. The molecule has 0 aromatic carbocycles. The highest BCUT2D eigenvalue weighted by Crippen LogP contribution is 2.10. The van der Waals surface area contributed by atoms with E-state index in [4.69, 9.17) is 18.0 Å². The van der Waals surface area contributed by atoms with Crippen LogP contribution in [0.2, 0.25) is 0 Å². The van der Waals surface area contributed by atoms with E-state index < -0.39 is 15.3 Å². The summed E-state index contributed by atoms with van der Waals surface area (Å²) in [5.74, 6) is 0.569. The molecule has 0 amide bonds. The molecule has 0 saturated carbocycles. The molecule has 102 valence electrons. The monoisotopic (exact) mass is 280 g/mol. The minimum Gasteiger partial charge on any atom is -0.392 e. The van der Waals surface area contributed by atoms with Gasteiger partial charge in [-0.2, -0.15) is 0 Å². The Labute approximate surface area is 110 Å². The van der Waals surface area contributed by atoms with Gasteiger partial charge in [-0.15, -0.1) is 0 Å². The molecule has 17 heavy (non-hydrogen) atoms. The van der Waals surface area contributed by atoms with E-state index >= 15 is 0 Å². The Morgan fingerprint density at radius 2 is 1.82 bits per heavy atom. The summed E-state index contributed by atoms with van der Waals surface area (Å²) in [5.41, 5.74) is 5.44. The van der Waals surface area contributed by atoms with Gasteiger partial charge in [0.2, 0.25) is 10.0 Å². The Balaban J connectivity index is 4.48. The molecule has 0 radical (unpaired) electrons. The van der Waals surface area contributed by atoms with Crippen molar-refractivity contribution in [3.8, 4) is 0 Å². The number of nitrogens with two attached hydrogens (primary N) is 1. The molecule has 0 aromatic heterocycles. The van der Waals surface area contributed by atoms with Crippen LogP contribution in [0.15, 0.2) is 0 Å². The topological polar surface area (TPSA) is 72.2 Å². The fourth-order valence-corrected chi connectivity index (χ4v) is 3.71. The minimum atomic E-state index is -3.44. The van der Waals surface area contributed by atoms with Gasteiger partial charge in [0.05, 0.1) is 4.99 Å². The first-order valence-corrected chi connectivity index (χ1v) is 7.96. The minimum absolute atomic E-state index is 0.0380. The number of nitrogens with one attached hydrogen (secondary N) is 1. The van der Waals surface area contributed by atoms with E-state index in [0.717, 1.165) is 12.8 Å². The lowest BCUT2D eigenvalue weighted by Gasteiger charge is -2.20. The van der Waals surface area contributed by atoms with Gasteiger partial charge < -0.3 is 5.73 Å². The molecular formula is C11H24N2O2S2. The third-order valence-corrected chi connectivity index (χ3v) is 5.11. The standard InChI is InChI=1S/C11H24N2O2S2/c1-5-10(11(12)16)17(14,15)13-9(4)7-6-8(2)3/h8-10,13H,5-7H2,1-4H3,(H2,12,16). The third kappa shape index (κ3) is 6.33. The lowest BCUT2D eigenvalue weighted by molar-refractivity contribution is 0.484. The molecule has 0 saturated heterocycles. The van der Waals surface area contributed by atoms with Crippen molar-refractivity contribution >= 4 is 27.2 Å². The fraction of sp³-hybridized carbons (Fsp3) is 0.909. The number of rotatable bonds is 8. The SMILES string of the molecule is CCC(C(N)=S)S(=O)(=O)NC(C)CCC(C)C. The maximum atomic E-state index is 12.0. The lowest BCUT2D eigenvalue weighted by Crippen LogP contribution is -2.44. The van der Waals surface area contributed by atoms with Gasteiger partial charge in [0.1, 0.15) is 5.25 Å². The second kappa shape index (κ2) is 7.28. The summed E-state index contributed by atoms with van der Waals surface area (Å²) in [4.78, 5) is 0.0380. The maximum absolute atomic E-state index is 12.0. The number of hydrogen-bond acceptors (Lipinski definition) is 3.